The zero-order valence-corrected chi connectivity index (χ0v) is 12.1. The lowest BCUT2D eigenvalue weighted by atomic mass is 10.1. The minimum atomic E-state index is -0.940. The third kappa shape index (κ3) is 4.06. The highest BCUT2D eigenvalue weighted by Gasteiger charge is 2.08. The minimum Gasteiger partial charge on any atom is -0.506 e. The number of halogens is 1. The van der Waals surface area contributed by atoms with Gasteiger partial charge >= 0.3 is 5.97 Å². The average molecular weight is 308 g/mol. The number of aromatic hydroxyl groups is 1. The van der Waals surface area contributed by atoms with Crippen molar-refractivity contribution in [2.45, 2.75) is 19.8 Å². The summed E-state index contributed by atoms with van der Waals surface area (Å²) in [5.74, 6) is 0.0720. The summed E-state index contributed by atoms with van der Waals surface area (Å²) in [5, 5.41) is 21.9. The molecule has 0 amide bonds. The Bertz CT molecular complexity index is 677. The number of nitrogens with one attached hydrogen (secondary N) is 1. The summed E-state index contributed by atoms with van der Waals surface area (Å²) in [6, 6.07) is 6.08. The van der Waals surface area contributed by atoms with E-state index in [1.807, 2.05) is 6.92 Å². The zero-order chi connectivity index (χ0) is 15.4. The lowest BCUT2D eigenvalue weighted by Gasteiger charge is -2.10. The highest BCUT2D eigenvalue weighted by molar-refractivity contribution is 6.29. The van der Waals surface area contributed by atoms with Crippen LogP contribution in [0.25, 0.3) is 0 Å². The molecule has 0 aliphatic rings. The Morgan fingerprint density at radius 2 is 2.10 bits per heavy atom. The molecule has 0 aliphatic heterocycles. The van der Waals surface area contributed by atoms with Crippen LogP contribution >= 0.6 is 11.6 Å². The molecule has 2 aromatic rings. The zero-order valence-electron chi connectivity index (χ0n) is 11.3. The SMILES string of the molecule is CCc1nc(Cl)cc(Nc2cc(CC(=O)O)ccc2O)n1. The summed E-state index contributed by atoms with van der Waals surface area (Å²) in [6.45, 7) is 1.90. The molecule has 0 spiro atoms. The van der Waals surface area contributed by atoms with Crippen molar-refractivity contribution in [1.82, 2.24) is 9.97 Å². The van der Waals surface area contributed by atoms with Gasteiger partial charge < -0.3 is 15.5 Å². The van der Waals surface area contributed by atoms with Crippen molar-refractivity contribution < 1.29 is 15.0 Å². The largest absolute Gasteiger partial charge is 0.506 e. The van der Waals surface area contributed by atoms with E-state index < -0.39 is 5.97 Å². The number of aromatic nitrogens is 2. The molecule has 1 heterocycles. The highest BCUT2D eigenvalue weighted by Crippen LogP contribution is 2.28. The summed E-state index contributed by atoms with van der Waals surface area (Å²) in [7, 11) is 0. The van der Waals surface area contributed by atoms with E-state index in [2.05, 4.69) is 15.3 Å². The second kappa shape index (κ2) is 6.41. The normalized spacial score (nSPS) is 10.4. The molecule has 1 aromatic heterocycles. The Balaban J connectivity index is 2.30. The maximum atomic E-state index is 10.7. The van der Waals surface area contributed by atoms with Crippen LogP contribution in [0.1, 0.15) is 18.3 Å². The number of nitrogens with zero attached hydrogens (tertiary/aromatic N) is 2. The van der Waals surface area contributed by atoms with E-state index in [1.54, 1.807) is 12.1 Å². The van der Waals surface area contributed by atoms with Gasteiger partial charge in [-0.15, -0.1) is 0 Å². The van der Waals surface area contributed by atoms with Crippen LogP contribution in [-0.2, 0) is 17.6 Å². The van der Waals surface area contributed by atoms with Crippen molar-refractivity contribution in [2.24, 2.45) is 0 Å². The fourth-order valence-electron chi connectivity index (χ4n) is 1.79. The second-order valence-electron chi connectivity index (χ2n) is 4.39. The average Bonchev–Trinajstić information content (AvgIpc) is 2.41. The van der Waals surface area contributed by atoms with Gasteiger partial charge in [0.15, 0.2) is 0 Å². The van der Waals surface area contributed by atoms with E-state index in [0.29, 0.717) is 34.5 Å². The fraction of sp³-hybridized carbons (Fsp3) is 0.214. The first-order chi connectivity index (χ1) is 9.97. The van der Waals surface area contributed by atoms with Gasteiger partial charge in [-0.25, -0.2) is 9.97 Å². The topological polar surface area (TPSA) is 95.3 Å². The molecular weight excluding hydrogens is 294 g/mol. The molecule has 7 heteroatoms. The maximum Gasteiger partial charge on any atom is 0.307 e. The second-order valence-corrected chi connectivity index (χ2v) is 4.78. The van der Waals surface area contributed by atoms with Crippen LogP contribution in [0.4, 0.5) is 11.5 Å². The van der Waals surface area contributed by atoms with Crippen LogP contribution in [0.2, 0.25) is 5.15 Å². The smallest absolute Gasteiger partial charge is 0.307 e. The van der Waals surface area contributed by atoms with Crippen LogP contribution in [0, 0.1) is 0 Å². The predicted octanol–water partition coefficient (Wildman–Crippen LogP) is 2.77. The fourth-order valence-corrected chi connectivity index (χ4v) is 1.99. The molecule has 110 valence electrons. The van der Waals surface area contributed by atoms with Crippen LogP contribution in [0.5, 0.6) is 5.75 Å². The van der Waals surface area contributed by atoms with Gasteiger partial charge in [-0.2, -0.15) is 0 Å². The van der Waals surface area contributed by atoms with Crippen LogP contribution in [0.3, 0.4) is 0 Å². The molecule has 0 saturated heterocycles. The van der Waals surface area contributed by atoms with E-state index in [4.69, 9.17) is 16.7 Å². The predicted molar refractivity (Wildman–Crippen MR) is 79.1 cm³/mol. The van der Waals surface area contributed by atoms with Gasteiger partial charge in [0.2, 0.25) is 0 Å². The number of carboxylic acids is 1. The Labute approximate surface area is 126 Å². The van der Waals surface area contributed by atoms with E-state index in [0.717, 1.165) is 0 Å². The van der Waals surface area contributed by atoms with Crippen molar-refractivity contribution in [1.29, 1.82) is 0 Å². The van der Waals surface area contributed by atoms with Gasteiger partial charge in [0.25, 0.3) is 0 Å². The summed E-state index contributed by atoms with van der Waals surface area (Å²) >= 11 is 5.90. The Morgan fingerprint density at radius 3 is 2.76 bits per heavy atom. The first-order valence-corrected chi connectivity index (χ1v) is 6.70. The Morgan fingerprint density at radius 1 is 1.33 bits per heavy atom. The number of hydrogen-bond acceptors (Lipinski definition) is 5. The number of rotatable bonds is 5. The van der Waals surface area contributed by atoms with E-state index in [9.17, 15) is 9.90 Å². The number of aryl methyl sites for hydroxylation is 1. The van der Waals surface area contributed by atoms with E-state index in [1.165, 1.54) is 12.1 Å². The van der Waals surface area contributed by atoms with Crippen LogP contribution in [-0.4, -0.2) is 26.2 Å². The molecule has 0 fully saturated rings. The number of hydrogen-bond donors (Lipinski definition) is 3. The molecule has 21 heavy (non-hydrogen) atoms. The lowest BCUT2D eigenvalue weighted by molar-refractivity contribution is -0.136. The molecule has 0 radical (unpaired) electrons. The molecule has 0 bridgehead atoms. The van der Waals surface area contributed by atoms with Gasteiger partial charge in [0, 0.05) is 12.5 Å². The van der Waals surface area contributed by atoms with Crippen molar-refractivity contribution in [3.63, 3.8) is 0 Å². The lowest BCUT2D eigenvalue weighted by Crippen LogP contribution is -2.02. The first-order valence-electron chi connectivity index (χ1n) is 6.32. The van der Waals surface area contributed by atoms with Crippen molar-refractivity contribution in [3.8, 4) is 5.75 Å². The molecule has 3 N–H and O–H groups in total. The summed E-state index contributed by atoms with van der Waals surface area (Å²) in [4.78, 5) is 19.0. The molecule has 6 nitrogen and oxygen atoms in total. The molecule has 0 unspecified atom stereocenters. The Kier molecular flexibility index (Phi) is 4.59. The van der Waals surface area contributed by atoms with Gasteiger partial charge in [0.05, 0.1) is 12.1 Å². The summed E-state index contributed by atoms with van der Waals surface area (Å²) < 4.78 is 0. The van der Waals surface area contributed by atoms with Crippen LogP contribution in [0.15, 0.2) is 24.3 Å². The summed E-state index contributed by atoms with van der Waals surface area (Å²) in [5.41, 5.74) is 0.934. The number of aliphatic carboxylic acids is 1. The van der Waals surface area contributed by atoms with Gasteiger partial charge in [-0.05, 0) is 17.7 Å². The van der Waals surface area contributed by atoms with Gasteiger partial charge in [-0.1, -0.05) is 24.6 Å². The number of phenols is 1. The number of phenolic OH excluding ortho intramolecular Hbond substituents is 1. The number of benzene rings is 1. The Hall–Kier alpha value is -2.34. The first kappa shape index (κ1) is 15.1. The number of carboxylic acid groups (broad SMARTS) is 1. The standard InChI is InChI=1S/C14H14ClN3O3/c1-2-12-17-11(15)7-13(18-12)16-9-5-8(6-14(20)21)3-4-10(9)19/h3-5,7,19H,2,6H2,1H3,(H,20,21)(H,16,17,18). The molecule has 2 rings (SSSR count). The third-order valence-electron chi connectivity index (χ3n) is 2.74. The molecule has 0 aliphatic carbocycles. The summed E-state index contributed by atoms with van der Waals surface area (Å²) in [6.07, 6.45) is 0.500. The van der Waals surface area contributed by atoms with E-state index in [-0.39, 0.29) is 12.2 Å². The maximum absolute atomic E-state index is 10.7. The highest BCUT2D eigenvalue weighted by atomic mass is 35.5. The molecular formula is C14H14ClN3O3. The van der Waals surface area contributed by atoms with Gasteiger partial charge in [-0.3, -0.25) is 4.79 Å². The van der Waals surface area contributed by atoms with Crippen molar-refractivity contribution in [2.75, 3.05) is 5.32 Å². The third-order valence-corrected chi connectivity index (χ3v) is 2.93. The molecule has 0 atom stereocenters. The number of carbonyl (C=O) groups is 1. The van der Waals surface area contributed by atoms with E-state index >= 15 is 0 Å². The van der Waals surface area contributed by atoms with Crippen molar-refractivity contribution in [3.05, 3.63) is 40.8 Å². The minimum absolute atomic E-state index is 0.00285. The molecule has 1 aromatic carbocycles. The van der Waals surface area contributed by atoms with Crippen LogP contribution < -0.4 is 5.32 Å². The quantitative estimate of drug-likeness (QED) is 0.580. The van der Waals surface area contributed by atoms with Gasteiger partial charge in [0.1, 0.15) is 22.5 Å². The van der Waals surface area contributed by atoms with Crippen molar-refractivity contribution >= 4 is 29.1 Å². The number of anilines is 2. The monoisotopic (exact) mass is 307 g/mol. The molecule has 0 saturated carbocycles.